The first-order chi connectivity index (χ1) is 7.13. The highest BCUT2D eigenvalue weighted by atomic mass is 32.2. The number of rotatable bonds is 5. The van der Waals surface area contributed by atoms with Gasteiger partial charge in [-0.05, 0) is 6.92 Å². The van der Waals surface area contributed by atoms with Gasteiger partial charge in [0.25, 0.3) is 5.22 Å². The summed E-state index contributed by atoms with van der Waals surface area (Å²) in [5, 5.41) is 6.69. The first kappa shape index (κ1) is 11.9. The predicted molar refractivity (Wildman–Crippen MR) is 47.0 cm³/mol. The minimum absolute atomic E-state index is 0.0710. The SMILES string of the molecule is CCOC(=O)c1nnc(SCC(F)F)o1. The van der Waals surface area contributed by atoms with Crippen LogP contribution in [-0.2, 0) is 4.74 Å². The average Bonchev–Trinajstić information content (AvgIpc) is 2.63. The van der Waals surface area contributed by atoms with Crippen LogP contribution in [0.5, 0.6) is 0 Å². The molecule has 8 heteroatoms. The molecule has 0 aliphatic heterocycles. The Bertz CT molecular complexity index is 332. The third kappa shape index (κ3) is 3.82. The monoisotopic (exact) mass is 238 g/mol. The number of hydrogen-bond acceptors (Lipinski definition) is 6. The summed E-state index contributed by atoms with van der Waals surface area (Å²) in [5.41, 5.74) is 0. The van der Waals surface area contributed by atoms with E-state index in [2.05, 4.69) is 14.9 Å². The van der Waals surface area contributed by atoms with Gasteiger partial charge in [-0.3, -0.25) is 0 Å². The Labute approximate surface area is 88.2 Å². The van der Waals surface area contributed by atoms with Crippen LogP contribution in [0.15, 0.2) is 9.64 Å². The number of esters is 1. The number of nitrogens with zero attached hydrogens (tertiary/aromatic N) is 2. The zero-order valence-corrected chi connectivity index (χ0v) is 8.59. The van der Waals surface area contributed by atoms with Gasteiger partial charge in [0.05, 0.1) is 12.4 Å². The molecule has 0 fully saturated rings. The van der Waals surface area contributed by atoms with Crippen molar-refractivity contribution in [2.24, 2.45) is 0 Å². The van der Waals surface area contributed by atoms with Crippen LogP contribution in [0.25, 0.3) is 0 Å². The van der Waals surface area contributed by atoms with Crippen LogP contribution < -0.4 is 0 Å². The Balaban J connectivity index is 2.52. The van der Waals surface area contributed by atoms with E-state index in [1.54, 1.807) is 6.92 Å². The molecule has 0 saturated carbocycles. The Hall–Kier alpha value is -1.18. The molecule has 0 bridgehead atoms. The van der Waals surface area contributed by atoms with E-state index < -0.39 is 18.1 Å². The van der Waals surface area contributed by atoms with E-state index in [9.17, 15) is 13.6 Å². The molecule has 0 aliphatic rings. The second-order valence-electron chi connectivity index (χ2n) is 2.30. The van der Waals surface area contributed by atoms with E-state index >= 15 is 0 Å². The number of aromatic nitrogens is 2. The summed E-state index contributed by atoms with van der Waals surface area (Å²) < 4.78 is 33.0. The molecule has 1 aromatic rings. The number of thioether (sulfide) groups is 1. The second-order valence-corrected chi connectivity index (χ2v) is 3.27. The average molecular weight is 238 g/mol. The molecule has 0 radical (unpaired) electrons. The Morgan fingerprint density at radius 1 is 1.60 bits per heavy atom. The molecule has 1 heterocycles. The molecular weight excluding hydrogens is 230 g/mol. The van der Waals surface area contributed by atoms with Gasteiger partial charge in [0.1, 0.15) is 0 Å². The number of hydrogen-bond donors (Lipinski definition) is 0. The van der Waals surface area contributed by atoms with Crippen LogP contribution >= 0.6 is 11.8 Å². The van der Waals surface area contributed by atoms with Crippen molar-refractivity contribution in [2.75, 3.05) is 12.4 Å². The fourth-order valence-electron chi connectivity index (χ4n) is 0.678. The van der Waals surface area contributed by atoms with Crippen LogP contribution in [-0.4, -0.2) is 35.0 Å². The lowest BCUT2D eigenvalue weighted by Gasteiger charge is -1.95. The number of carbonyl (C=O) groups is 1. The number of alkyl halides is 2. The quantitative estimate of drug-likeness (QED) is 0.573. The fourth-order valence-corrected chi connectivity index (χ4v) is 1.18. The van der Waals surface area contributed by atoms with Gasteiger partial charge < -0.3 is 9.15 Å². The van der Waals surface area contributed by atoms with E-state index in [0.717, 1.165) is 0 Å². The summed E-state index contributed by atoms with van der Waals surface area (Å²) in [5.74, 6) is -1.53. The maximum absolute atomic E-state index is 11.8. The maximum atomic E-state index is 11.8. The van der Waals surface area contributed by atoms with E-state index in [1.807, 2.05) is 0 Å². The molecular formula is C7H8F2N2O3S. The van der Waals surface area contributed by atoms with E-state index in [0.29, 0.717) is 11.8 Å². The van der Waals surface area contributed by atoms with Crippen molar-refractivity contribution in [3.8, 4) is 0 Å². The molecule has 0 aromatic carbocycles. The molecule has 0 N–H and O–H groups in total. The Morgan fingerprint density at radius 2 is 2.33 bits per heavy atom. The lowest BCUT2D eigenvalue weighted by molar-refractivity contribution is 0.0475. The molecule has 1 rings (SSSR count). The summed E-state index contributed by atoms with van der Waals surface area (Å²) in [6, 6.07) is 0. The number of halogens is 2. The molecule has 5 nitrogen and oxygen atoms in total. The van der Waals surface area contributed by atoms with Gasteiger partial charge in [-0.15, -0.1) is 5.10 Å². The zero-order chi connectivity index (χ0) is 11.3. The lowest BCUT2D eigenvalue weighted by atomic mass is 10.7. The van der Waals surface area contributed by atoms with Gasteiger partial charge in [0.2, 0.25) is 6.43 Å². The molecule has 0 atom stereocenters. The first-order valence-corrected chi connectivity index (χ1v) is 5.03. The lowest BCUT2D eigenvalue weighted by Crippen LogP contribution is -2.04. The minimum atomic E-state index is -2.46. The van der Waals surface area contributed by atoms with Gasteiger partial charge in [0.15, 0.2) is 0 Å². The van der Waals surface area contributed by atoms with Gasteiger partial charge in [0, 0.05) is 0 Å². The molecule has 0 aliphatic carbocycles. The largest absolute Gasteiger partial charge is 0.459 e. The Kier molecular flexibility index (Phi) is 4.47. The van der Waals surface area contributed by atoms with Crippen LogP contribution in [0.2, 0.25) is 0 Å². The molecule has 0 saturated heterocycles. The van der Waals surface area contributed by atoms with E-state index in [4.69, 9.17) is 4.42 Å². The van der Waals surface area contributed by atoms with Gasteiger partial charge in [-0.25, -0.2) is 13.6 Å². The van der Waals surface area contributed by atoms with Gasteiger partial charge in [-0.2, -0.15) is 0 Å². The van der Waals surface area contributed by atoms with Crippen molar-refractivity contribution in [1.29, 1.82) is 0 Å². The molecule has 0 unspecified atom stereocenters. The number of carbonyl (C=O) groups excluding carboxylic acids is 1. The smallest absolute Gasteiger partial charge is 0.396 e. The normalized spacial score (nSPS) is 10.7. The minimum Gasteiger partial charge on any atom is -0.459 e. The van der Waals surface area contributed by atoms with Crippen LogP contribution in [0, 0.1) is 0 Å². The topological polar surface area (TPSA) is 65.2 Å². The van der Waals surface area contributed by atoms with Gasteiger partial charge >= 0.3 is 11.9 Å². The third-order valence-corrected chi connectivity index (χ3v) is 2.02. The van der Waals surface area contributed by atoms with Crippen LogP contribution in [0.3, 0.4) is 0 Å². The summed E-state index contributed by atoms with van der Waals surface area (Å²) in [7, 11) is 0. The van der Waals surface area contributed by atoms with E-state index in [-0.39, 0.29) is 17.7 Å². The highest BCUT2D eigenvalue weighted by Crippen LogP contribution is 2.18. The Morgan fingerprint density at radius 3 is 2.93 bits per heavy atom. The van der Waals surface area contributed by atoms with Crippen LogP contribution in [0.1, 0.15) is 17.6 Å². The molecule has 0 spiro atoms. The van der Waals surface area contributed by atoms with Gasteiger partial charge in [-0.1, -0.05) is 16.9 Å². The number of ether oxygens (including phenoxy) is 1. The predicted octanol–water partition coefficient (Wildman–Crippen LogP) is 1.60. The summed E-state index contributed by atoms with van der Waals surface area (Å²) in [4.78, 5) is 11.0. The molecule has 0 amide bonds. The van der Waals surface area contributed by atoms with Crippen molar-refractivity contribution in [3.05, 3.63) is 5.89 Å². The highest BCUT2D eigenvalue weighted by molar-refractivity contribution is 7.99. The zero-order valence-electron chi connectivity index (χ0n) is 7.77. The van der Waals surface area contributed by atoms with Crippen molar-refractivity contribution >= 4 is 17.7 Å². The summed E-state index contributed by atoms with van der Waals surface area (Å²) in [6.07, 6.45) is -2.46. The molecule has 1 aromatic heterocycles. The second kappa shape index (κ2) is 5.64. The standard InChI is InChI=1S/C7H8F2N2O3S/c1-2-13-6(12)5-10-11-7(14-5)15-3-4(8)9/h4H,2-3H2,1H3. The summed E-state index contributed by atoms with van der Waals surface area (Å²) >= 11 is 0.687. The molecule has 15 heavy (non-hydrogen) atoms. The van der Waals surface area contributed by atoms with E-state index in [1.165, 1.54) is 0 Å². The summed E-state index contributed by atoms with van der Waals surface area (Å²) in [6.45, 7) is 1.81. The van der Waals surface area contributed by atoms with Crippen LogP contribution in [0.4, 0.5) is 8.78 Å². The highest BCUT2D eigenvalue weighted by Gasteiger charge is 2.16. The fraction of sp³-hybridized carbons (Fsp3) is 0.571. The van der Waals surface area contributed by atoms with Crippen molar-refractivity contribution in [3.63, 3.8) is 0 Å². The third-order valence-electron chi connectivity index (χ3n) is 1.19. The van der Waals surface area contributed by atoms with Crippen molar-refractivity contribution in [1.82, 2.24) is 10.2 Å². The molecule has 84 valence electrons. The van der Waals surface area contributed by atoms with Crippen molar-refractivity contribution < 1.29 is 22.7 Å². The first-order valence-electron chi connectivity index (χ1n) is 4.05. The maximum Gasteiger partial charge on any atom is 0.396 e. The van der Waals surface area contributed by atoms with Crippen molar-refractivity contribution in [2.45, 2.75) is 18.6 Å².